The highest BCUT2D eigenvalue weighted by molar-refractivity contribution is 5.95. The van der Waals surface area contributed by atoms with Gasteiger partial charge in [-0.1, -0.05) is 0 Å². The third kappa shape index (κ3) is 6.36. The van der Waals surface area contributed by atoms with Gasteiger partial charge in [0, 0.05) is 50.5 Å². The summed E-state index contributed by atoms with van der Waals surface area (Å²) in [6, 6.07) is 6.76. The van der Waals surface area contributed by atoms with Crippen LogP contribution in [0, 0.1) is 0 Å². The largest absolute Gasteiger partial charge is 0.379 e. The number of rotatable bonds is 6. The molecule has 7 nitrogen and oxygen atoms in total. The van der Waals surface area contributed by atoms with Crippen LogP contribution in [0.2, 0.25) is 0 Å². The number of carbonyl (C=O) groups excluding carboxylic acids is 2. The van der Waals surface area contributed by atoms with Gasteiger partial charge in [0.25, 0.3) is 5.91 Å². The molecule has 2 rings (SSSR count). The fraction of sp³-hybridized carbons (Fsp3) is 0.556. The van der Waals surface area contributed by atoms with Gasteiger partial charge in [-0.15, -0.1) is 0 Å². The van der Waals surface area contributed by atoms with Crippen molar-refractivity contribution < 1.29 is 14.3 Å². The summed E-state index contributed by atoms with van der Waals surface area (Å²) < 4.78 is 5.33. The van der Waals surface area contributed by atoms with E-state index in [1.807, 2.05) is 20.9 Å². The topological polar surface area (TPSA) is 73.9 Å². The quantitative estimate of drug-likeness (QED) is 0.819. The lowest BCUT2D eigenvalue weighted by molar-refractivity contribution is 0.0338. The number of nitrogens with one attached hydrogen (secondary N) is 2. The fourth-order valence-electron chi connectivity index (χ4n) is 2.56. The Morgan fingerprint density at radius 2 is 1.84 bits per heavy atom. The molecule has 2 N–H and O–H groups in total. The van der Waals surface area contributed by atoms with Crippen LogP contribution < -0.4 is 10.6 Å². The van der Waals surface area contributed by atoms with Crippen molar-refractivity contribution in [3.63, 3.8) is 0 Å². The molecule has 0 radical (unpaired) electrons. The van der Waals surface area contributed by atoms with Gasteiger partial charge in [0.1, 0.15) is 0 Å². The highest BCUT2D eigenvalue weighted by Gasteiger charge is 2.15. The van der Waals surface area contributed by atoms with E-state index in [1.54, 1.807) is 29.2 Å². The Kier molecular flexibility index (Phi) is 7.21. The summed E-state index contributed by atoms with van der Waals surface area (Å²) in [6.07, 6.45) is 0. The maximum atomic E-state index is 12.5. The number of hydrogen-bond donors (Lipinski definition) is 2. The highest BCUT2D eigenvalue weighted by atomic mass is 16.5. The molecule has 1 aromatic carbocycles. The van der Waals surface area contributed by atoms with E-state index in [9.17, 15) is 9.59 Å². The van der Waals surface area contributed by atoms with Crippen LogP contribution in [0.4, 0.5) is 10.5 Å². The molecule has 1 aromatic rings. The first-order valence-corrected chi connectivity index (χ1v) is 8.69. The maximum Gasteiger partial charge on any atom is 0.319 e. The average molecular weight is 348 g/mol. The normalized spacial score (nSPS) is 15.0. The first-order chi connectivity index (χ1) is 12.0. The summed E-state index contributed by atoms with van der Waals surface area (Å²) >= 11 is 0. The van der Waals surface area contributed by atoms with Gasteiger partial charge in [-0.2, -0.15) is 0 Å². The van der Waals surface area contributed by atoms with Crippen LogP contribution in [0.3, 0.4) is 0 Å². The lowest BCUT2D eigenvalue weighted by Crippen LogP contribution is -2.41. The Bertz CT molecular complexity index is 568. The second kappa shape index (κ2) is 9.39. The van der Waals surface area contributed by atoms with E-state index in [4.69, 9.17) is 4.74 Å². The molecule has 0 aliphatic carbocycles. The number of nitrogens with zero attached hydrogens (tertiary/aromatic N) is 2. The molecule has 138 valence electrons. The smallest absolute Gasteiger partial charge is 0.319 e. The van der Waals surface area contributed by atoms with Crippen LogP contribution in [0.15, 0.2) is 24.3 Å². The number of anilines is 1. The molecule has 1 aliphatic heterocycles. The Hall–Kier alpha value is -2.12. The third-order valence-electron chi connectivity index (χ3n) is 4.01. The summed E-state index contributed by atoms with van der Waals surface area (Å²) in [4.78, 5) is 28.2. The van der Waals surface area contributed by atoms with Crippen molar-refractivity contribution in [2.45, 2.75) is 19.9 Å². The van der Waals surface area contributed by atoms with Crippen LogP contribution in [0.25, 0.3) is 0 Å². The molecule has 0 unspecified atom stereocenters. The summed E-state index contributed by atoms with van der Waals surface area (Å²) in [5, 5.41) is 5.50. The van der Waals surface area contributed by atoms with Crippen molar-refractivity contribution >= 4 is 17.6 Å². The minimum Gasteiger partial charge on any atom is -0.379 e. The van der Waals surface area contributed by atoms with Crippen molar-refractivity contribution in [1.29, 1.82) is 0 Å². The molecule has 3 amide bonds. The number of hydrogen-bond acceptors (Lipinski definition) is 4. The van der Waals surface area contributed by atoms with E-state index in [0.717, 1.165) is 32.8 Å². The number of amides is 3. The average Bonchev–Trinajstić information content (AvgIpc) is 2.60. The van der Waals surface area contributed by atoms with E-state index >= 15 is 0 Å². The van der Waals surface area contributed by atoms with Crippen molar-refractivity contribution in [2.75, 3.05) is 51.8 Å². The lowest BCUT2D eigenvalue weighted by atomic mass is 10.2. The molecular weight excluding hydrogens is 320 g/mol. The third-order valence-corrected chi connectivity index (χ3v) is 4.01. The standard InChI is InChI=1S/C18H28N4O3/c1-14(2)19-18(24)20-16-6-4-15(5-7-16)17(23)21(3)8-9-22-10-12-25-13-11-22/h4-7,14H,8-13H2,1-3H3,(H2,19,20,24). The van der Waals surface area contributed by atoms with E-state index in [1.165, 1.54) is 0 Å². The molecule has 1 heterocycles. The number of carbonyl (C=O) groups is 2. The number of ether oxygens (including phenoxy) is 1. The summed E-state index contributed by atoms with van der Waals surface area (Å²) in [7, 11) is 1.81. The van der Waals surface area contributed by atoms with E-state index in [-0.39, 0.29) is 18.0 Å². The molecule has 0 bridgehead atoms. The van der Waals surface area contributed by atoms with Gasteiger partial charge < -0.3 is 20.3 Å². The van der Waals surface area contributed by atoms with Gasteiger partial charge in [-0.25, -0.2) is 4.79 Å². The number of morpholine rings is 1. The van der Waals surface area contributed by atoms with Crippen molar-refractivity contribution in [3.05, 3.63) is 29.8 Å². The second-order valence-electron chi connectivity index (χ2n) is 6.51. The predicted octanol–water partition coefficient (Wildman–Crippen LogP) is 1.62. The molecule has 0 aromatic heterocycles. The van der Waals surface area contributed by atoms with Gasteiger partial charge in [0.05, 0.1) is 13.2 Å². The Balaban J connectivity index is 1.83. The summed E-state index contributed by atoms with van der Waals surface area (Å²) in [5.41, 5.74) is 1.27. The zero-order valence-electron chi connectivity index (χ0n) is 15.2. The Labute approximate surface area is 149 Å². The first kappa shape index (κ1) is 19.2. The van der Waals surface area contributed by atoms with Crippen LogP contribution in [-0.2, 0) is 4.74 Å². The summed E-state index contributed by atoms with van der Waals surface area (Å²) in [5.74, 6) is -0.0218. The second-order valence-corrected chi connectivity index (χ2v) is 6.51. The summed E-state index contributed by atoms with van der Waals surface area (Å²) in [6.45, 7) is 8.67. The molecule has 25 heavy (non-hydrogen) atoms. The van der Waals surface area contributed by atoms with Crippen molar-refractivity contribution in [2.24, 2.45) is 0 Å². The maximum absolute atomic E-state index is 12.5. The molecule has 0 atom stereocenters. The molecular formula is C18H28N4O3. The van der Waals surface area contributed by atoms with Gasteiger partial charge in [0.15, 0.2) is 0 Å². The number of urea groups is 1. The van der Waals surface area contributed by atoms with Crippen molar-refractivity contribution in [3.8, 4) is 0 Å². The number of benzene rings is 1. The predicted molar refractivity (Wildman–Crippen MR) is 98.0 cm³/mol. The zero-order valence-corrected chi connectivity index (χ0v) is 15.2. The van der Waals surface area contributed by atoms with E-state index < -0.39 is 0 Å². The molecule has 1 aliphatic rings. The van der Waals surface area contributed by atoms with Gasteiger partial charge in [0.2, 0.25) is 0 Å². The molecule has 1 fully saturated rings. The van der Waals surface area contributed by atoms with E-state index in [2.05, 4.69) is 15.5 Å². The van der Waals surface area contributed by atoms with E-state index in [0.29, 0.717) is 17.8 Å². The minimum absolute atomic E-state index is 0.0218. The molecule has 0 spiro atoms. The van der Waals surface area contributed by atoms with Gasteiger partial charge >= 0.3 is 6.03 Å². The van der Waals surface area contributed by atoms with Crippen LogP contribution in [-0.4, -0.2) is 74.2 Å². The monoisotopic (exact) mass is 348 g/mol. The fourth-order valence-corrected chi connectivity index (χ4v) is 2.56. The Morgan fingerprint density at radius 3 is 2.44 bits per heavy atom. The van der Waals surface area contributed by atoms with Crippen LogP contribution in [0.5, 0.6) is 0 Å². The van der Waals surface area contributed by atoms with Gasteiger partial charge in [-0.05, 0) is 38.1 Å². The van der Waals surface area contributed by atoms with Crippen molar-refractivity contribution in [1.82, 2.24) is 15.1 Å². The zero-order chi connectivity index (χ0) is 18.2. The highest BCUT2D eigenvalue weighted by Crippen LogP contribution is 2.11. The van der Waals surface area contributed by atoms with Crippen LogP contribution >= 0.6 is 0 Å². The molecule has 1 saturated heterocycles. The first-order valence-electron chi connectivity index (χ1n) is 8.69. The minimum atomic E-state index is -0.253. The SMILES string of the molecule is CC(C)NC(=O)Nc1ccc(C(=O)N(C)CCN2CCOCC2)cc1. The molecule has 0 saturated carbocycles. The number of likely N-dealkylation sites (N-methyl/N-ethyl adjacent to an activating group) is 1. The van der Waals surface area contributed by atoms with Crippen LogP contribution in [0.1, 0.15) is 24.2 Å². The Morgan fingerprint density at radius 1 is 1.20 bits per heavy atom. The van der Waals surface area contributed by atoms with Gasteiger partial charge in [-0.3, -0.25) is 9.69 Å². The molecule has 7 heteroatoms. The lowest BCUT2D eigenvalue weighted by Gasteiger charge is -2.28.